The molecule has 2 N–H and O–H groups in total. The van der Waals surface area contributed by atoms with Crippen LogP contribution < -0.4 is 20.3 Å². The molecular formula is C33H28N4O7S. The number of ether oxygens (including phenoxy) is 3. The molecule has 0 spiro atoms. The molecule has 45 heavy (non-hydrogen) atoms. The maximum absolute atomic E-state index is 13.3. The van der Waals surface area contributed by atoms with Gasteiger partial charge in [-0.3, -0.25) is 14.4 Å². The number of rotatable bonds is 11. The molecule has 3 aromatic carbocycles. The van der Waals surface area contributed by atoms with Crippen molar-refractivity contribution in [2.45, 2.75) is 17.5 Å². The molecule has 0 saturated carbocycles. The molecule has 3 heterocycles. The van der Waals surface area contributed by atoms with Gasteiger partial charge in [0, 0.05) is 5.57 Å². The van der Waals surface area contributed by atoms with E-state index in [1.165, 1.54) is 22.7 Å². The number of thioether (sulfide) groups is 1. The summed E-state index contributed by atoms with van der Waals surface area (Å²) in [7, 11) is 0. The van der Waals surface area contributed by atoms with Crippen molar-refractivity contribution in [1.82, 2.24) is 20.2 Å². The van der Waals surface area contributed by atoms with E-state index >= 15 is 0 Å². The van der Waals surface area contributed by atoms with Crippen LogP contribution in [0.5, 0.6) is 11.5 Å². The van der Waals surface area contributed by atoms with Crippen molar-refractivity contribution in [2.75, 3.05) is 19.8 Å². The van der Waals surface area contributed by atoms with Crippen LogP contribution in [0.25, 0.3) is 22.3 Å². The molecule has 1 saturated heterocycles. The average Bonchev–Trinajstić information content (AvgIpc) is 3.07. The predicted octanol–water partition coefficient (Wildman–Crippen LogP) is 3.43. The van der Waals surface area contributed by atoms with Gasteiger partial charge in [0.15, 0.2) is 12.6 Å². The van der Waals surface area contributed by atoms with Gasteiger partial charge in [0.2, 0.25) is 5.91 Å². The second kappa shape index (κ2) is 13.1. The molecule has 0 aliphatic carbocycles. The number of H-pyrrole nitrogens is 1. The number of hydrogen-bond acceptors (Lipinski definition) is 9. The number of β-lactam (4-membered cyclic amide) rings is 1. The molecule has 6 rings (SSSR count). The summed E-state index contributed by atoms with van der Waals surface area (Å²) >= 11 is 1.29. The topological polar surface area (TPSA) is 140 Å². The van der Waals surface area contributed by atoms with Crippen LogP contribution in [0.2, 0.25) is 0 Å². The lowest BCUT2D eigenvalue weighted by molar-refractivity contribution is -0.162. The summed E-state index contributed by atoms with van der Waals surface area (Å²) in [6.45, 7) is 3.23. The standard InChI is InChI=1S/C33H28N4O7S/c1-2-16-42-33(41)28-20(19-45-32-27(31(40)37(28)32)35-26(38)18-43-21-10-4-3-5-11-21)17-44-25-15-9-7-13-23(25)29-34-24-14-8-6-12-22(24)30(39)36-29/h2-15,19,27-28,32H,1,16-18H2,(H,35,38)(H,34,36,39)/t27-,28?,32-/m1/s1. The van der Waals surface area contributed by atoms with Crippen LogP contribution in [0.3, 0.4) is 0 Å². The first-order valence-corrected chi connectivity index (χ1v) is 15.0. The van der Waals surface area contributed by atoms with Crippen molar-refractivity contribution in [3.63, 3.8) is 0 Å². The van der Waals surface area contributed by atoms with E-state index in [2.05, 4.69) is 21.9 Å². The highest BCUT2D eigenvalue weighted by Gasteiger charge is 2.56. The minimum atomic E-state index is -1.07. The zero-order valence-corrected chi connectivity index (χ0v) is 24.7. The first-order chi connectivity index (χ1) is 21.9. The van der Waals surface area contributed by atoms with Gasteiger partial charge in [-0.1, -0.05) is 55.1 Å². The van der Waals surface area contributed by atoms with E-state index in [9.17, 15) is 19.2 Å². The smallest absolute Gasteiger partial charge is 0.333 e. The number of esters is 1. The van der Waals surface area contributed by atoms with Crippen molar-refractivity contribution >= 4 is 40.4 Å². The lowest BCUT2D eigenvalue weighted by Crippen LogP contribution is -2.74. The summed E-state index contributed by atoms with van der Waals surface area (Å²) in [5, 5.41) is 4.41. The molecule has 0 radical (unpaired) electrons. The molecule has 2 aliphatic heterocycles. The van der Waals surface area contributed by atoms with Crippen LogP contribution in [0.1, 0.15) is 0 Å². The minimum Gasteiger partial charge on any atom is -0.488 e. The largest absolute Gasteiger partial charge is 0.488 e. The molecule has 1 fully saturated rings. The number of para-hydroxylation sites is 3. The number of carbonyl (C=O) groups is 3. The van der Waals surface area contributed by atoms with Gasteiger partial charge in [-0.05, 0) is 41.8 Å². The van der Waals surface area contributed by atoms with Gasteiger partial charge in [0.25, 0.3) is 11.5 Å². The monoisotopic (exact) mass is 624 g/mol. The number of nitrogens with zero attached hydrogens (tertiary/aromatic N) is 2. The Balaban J connectivity index is 1.19. The van der Waals surface area contributed by atoms with Gasteiger partial charge < -0.3 is 29.4 Å². The number of aromatic nitrogens is 2. The molecule has 2 aliphatic rings. The second-order valence-electron chi connectivity index (χ2n) is 10.1. The third kappa shape index (κ3) is 6.18. The number of nitrogens with one attached hydrogen (secondary N) is 2. The van der Waals surface area contributed by atoms with Crippen molar-refractivity contribution < 1.29 is 28.6 Å². The first kappa shape index (κ1) is 29.7. The summed E-state index contributed by atoms with van der Waals surface area (Å²) in [4.78, 5) is 60.7. The predicted molar refractivity (Wildman–Crippen MR) is 168 cm³/mol. The Bertz CT molecular complexity index is 1860. The molecule has 3 atom stereocenters. The van der Waals surface area contributed by atoms with E-state index in [1.807, 2.05) is 6.07 Å². The van der Waals surface area contributed by atoms with Crippen molar-refractivity contribution in [2.24, 2.45) is 0 Å². The fourth-order valence-electron chi connectivity index (χ4n) is 5.08. The van der Waals surface area contributed by atoms with E-state index in [0.717, 1.165) is 0 Å². The van der Waals surface area contributed by atoms with Crippen LogP contribution in [-0.2, 0) is 19.1 Å². The van der Waals surface area contributed by atoms with Gasteiger partial charge in [-0.15, -0.1) is 11.8 Å². The Morgan fingerprint density at radius 1 is 1.00 bits per heavy atom. The molecule has 2 amide bonds. The summed E-state index contributed by atoms with van der Waals surface area (Å²) in [6.07, 6.45) is 1.44. The highest BCUT2D eigenvalue weighted by atomic mass is 32.2. The summed E-state index contributed by atoms with van der Waals surface area (Å²) < 4.78 is 17.0. The van der Waals surface area contributed by atoms with Crippen molar-refractivity contribution in [1.29, 1.82) is 0 Å². The third-order valence-electron chi connectivity index (χ3n) is 7.21. The quantitative estimate of drug-likeness (QED) is 0.146. The first-order valence-electron chi connectivity index (χ1n) is 14.1. The Morgan fingerprint density at radius 2 is 1.76 bits per heavy atom. The maximum atomic E-state index is 13.3. The second-order valence-corrected chi connectivity index (χ2v) is 11.1. The fourth-order valence-corrected chi connectivity index (χ4v) is 6.29. The van der Waals surface area contributed by atoms with Crippen LogP contribution in [0.4, 0.5) is 0 Å². The average molecular weight is 625 g/mol. The normalized spacial score (nSPS) is 18.7. The third-order valence-corrected chi connectivity index (χ3v) is 8.43. The molecule has 12 heteroatoms. The summed E-state index contributed by atoms with van der Waals surface area (Å²) in [5.74, 6) is -0.252. The molecule has 4 aromatic rings. The van der Waals surface area contributed by atoms with Crippen LogP contribution >= 0.6 is 11.8 Å². The van der Waals surface area contributed by atoms with E-state index in [0.29, 0.717) is 39.4 Å². The molecular weight excluding hydrogens is 596 g/mol. The van der Waals surface area contributed by atoms with Crippen LogP contribution in [0.15, 0.2) is 107 Å². The van der Waals surface area contributed by atoms with E-state index in [4.69, 9.17) is 14.2 Å². The minimum absolute atomic E-state index is 0.0376. The van der Waals surface area contributed by atoms with E-state index < -0.39 is 35.2 Å². The van der Waals surface area contributed by atoms with E-state index in [1.54, 1.807) is 78.2 Å². The highest BCUT2D eigenvalue weighted by molar-refractivity contribution is 8.03. The Labute approximate surface area is 261 Å². The number of amides is 2. The summed E-state index contributed by atoms with van der Waals surface area (Å²) in [6, 6.07) is 21.1. The SMILES string of the molecule is C=CCOC(=O)C1C(COc2ccccc2-c2nc3ccccc3c(=O)[nH]2)=CS[C@@H]2[C@H](NC(=O)COc3ccccc3)C(=O)N12. The molecule has 0 bridgehead atoms. The van der Waals surface area contributed by atoms with E-state index in [-0.39, 0.29) is 25.4 Å². The Morgan fingerprint density at radius 3 is 2.58 bits per heavy atom. The number of carbonyl (C=O) groups excluding carboxylic acids is 3. The van der Waals surface area contributed by atoms with Crippen molar-refractivity contribution in [3.05, 3.63) is 113 Å². The molecule has 1 unspecified atom stereocenters. The van der Waals surface area contributed by atoms with Gasteiger partial charge in [-0.25, -0.2) is 9.78 Å². The number of benzene rings is 3. The van der Waals surface area contributed by atoms with Crippen molar-refractivity contribution in [3.8, 4) is 22.9 Å². The highest BCUT2D eigenvalue weighted by Crippen LogP contribution is 2.41. The number of aromatic amines is 1. The number of fused-ring (bicyclic) bond motifs is 2. The Hall–Kier alpha value is -5.36. The maximum Gasteiger partial charge on any atom is 0.333 e. The van der Waals surface area contributed by atoms with Gasteiger partial charge in [-0.2, -0.15) is 0 Å². The summed E-state index contributed by atoms with van der Waals surface area (Å²) in [5.41, 5.74) is 1.30. The van der Waals surface area contributed by atoms with Crippen LogP contribution in [0, 0.1) is 0 Å². The fraction of sp³-hybridized carbons (Fsp3) is 0.182. The van der Waals surface area contributed by atoms with Gasteiger partial charge >= 0.3 is 5.97 Å². The molecule has 1 aromatic heterocycles. The lowest BCUT2D eigenvalue weighted by Gasteiger charge is -2.51. The Kier molecular flexibility index (Phi) is 8.65. The van der Waals surface area contributed by atoms with Gasteiger partial charge in [0.1, 0.15) is 42.0 Å². The molecule has 228 valence electrons. The zero-order valence-electron chi connectivity index (χ0n) is 23.9. The molecule has 11 nitrogen and oxygen atoms in total. The van der Waals surface area contributed by atoms with Gasteiger partial charge in [0.05, 0.1) is 16.5 Å². The lowest BCUT2D eigenvalue weighted by atomic mass is 9.98. The van der Waals surface area contributed by atoms with Crippen LogP contribution in [-0.4, -0.2) is 69.9 Å². The number of hydrogen-bond donors (Lipinski definition) is 2. The zero-order chi connectivity index (χ0) is 31.3.